The van der Waals surface area contributed by atoms with Crippen molar-refractivity contribution in [2.75, 3.05) is 0 Å². The summed E-state index contributed by atoms with van der Waals surface area (Å²) in [6, 6.07) is 3.48. The molecule has 1 aromatic rings. The van der Waals surface area contributed by atoms with E-state index >= 15 is 0 Å². The van der Waals surface area contributed by atoms with Crippen LogP contribution in [0.15, 0.2) is 10.5 Å². The third-order valence-corrected chi connectivity index (χ3v) is 1.25. The summed E-state index contributed by atoms with van der Waals surface area (Å²) >= 11 is 0. The zero-order chi connectivity index (χ0) is 7.56. The second-order valence-electron chi connectivity index (χ2n) is 1.95. The molecule has 0 aliphatic rings. The predicted molar refractivity (Wildman–Crippen MR) is 34.1 cm³/mol. The lowest BCUT2D eigenvalue weighted by molar-refractivity contribution is 0.245. The van der Waals surface area contributed by atoms with Gasteiger partial charge in [-0.1, -0.05) is 0 Å². The Morgan fingerprint density at radius 2 is 2.50 bits per heavy atom. The van der Waals surface area contributed by atoms with Crippen molar-refractivity contribution in [2.24, 2.45) is 0 Å². The first-order valence-electron chi connectivity index (χ1n) is 2.88. The van der Waals surface area contributed by atoms with Crippen LogP contribution < -0.4 is 0 Å². The molecule has 52 valence electrons. The Kier molecular flexibility index (Phi) is 1.74. The van der Waals surface area contributed by atoms with Crippen molar-refractivity contribution in [1.29, 1.82) is 5.26 Å². The molecule has 0 unspecified atom stereocenters. The quantitative estimate of drug-likeness (QED) is 0.627. The van der Waals surface area contributed by atoms with Crippen molar-refractivity contribution in [1.82, 2.24) is 0 Å². The third kappa shape index (κ3) is 1.02. The van der Waals surface area contributed by atoms with Crippen LogP contribution >= 0.6 is 0 Å². The van der Waals surface area contributed by atoms with E-state index in [1.807, 2.05) is 6.07 Å². The first-order chi connectivity index (χ1) is 4.77. The van der Waals surface area contributed by atoms with Gasteiger partial charge in [-0.25, -0.2) is 0 Å². The van der Waals surface area contributed by atoms with Gasteiger partial charge in [0.15, 0.2) is 0 Å². The van der Waals surface area contributed by atoms with Crippen LogP contribution in [0.5, 0.6) is 0 Å². The molecule has 0 aliphatic heterocycles. The maximum absolute atomic E-state index is 8.57. The summed E-state index contributed by atoms with van der Waals surface area (Å²) in [6.07, 6.45) is 0. The average Bonchev–Trinajstić information content (AvgIpc) is 2.30. The summed E-state index contributed by atoms with van der Waals surface area (Å²) in [4.78, 5) is 0. The maximum atomic E-state index is 8.57. The zero-order valence-corrected chi connectivity index (χ0v) is 5.59. The largest absolute Gasteiger partial charge is 0.463 e. The Hall–Kier alpha value is -1.27. The molecule has 0 fully saturated rings. The van der Waals surface area contributed by atoms with E-state index in [0.717, 1.165) is 0 Å². The molecule has 3 heteroatoms. The molecule has 0 aromatic carbocycles. The second-order valence-corrected chi connectivity index (χ2v) is 1.95. The van der Waals surface area contributed by atoms with E-state index in [9.17, 15) is 0 Å². The average molecular weight is 137 g/mol. The van der Waals surface area contributed by atoms with Crippen LogP contribution in [0.2, 0.25) is 0 Å². The molecule has 0 atom stereocenters. The summed E-state index contributed by atoms with van der Waals surface area (Å²) in [5, 5.41) is 17.0. The Labute approximate surface area is 58.5 Å². The molecule has 0 saturated heterocycles. The molecule has 1 heterocycles. The number of rotatable bonds is 1. The number of aliphatic hydroxyl groups excluding tert-OH is 1. The van der Waals surface area contributed by atoms with Crippen LogP contribution in [0.25, 0.3) is 0 Å². The highest BCUT2D eigenvalue weighted by Crippen LogP contribution is 2.12. The van der Waals surface area contributed by atoms with E-state index in [4.69, 9.17) is 14.8 Å². The molecular weight excluding hydrogens is 130 g/mol. The smallest absolute Gasteiger partial charge is 0.130 e. The molecule has 3 nitrogen and oxygen atoms in total. The fourth-order valence-electron chi connectivity index (χ4n) is 0.733. The molecule has 0 aliphatic carbocycles. The molecule has 1 N–H and O–H groups in total. The lowest BCUT2D eigenvalue weighted by Crippen LogP contribution is -1.73. The molecule has 1 aromatic heterocycles. The van der Waals surface area contributed by atoms with Crippen LogP contribution in [-0.4, -0.2) is 5.11 Å². The van der Waals surface area contributed by atoms with Crippen LogP contribution in [0.1, 0.15) is 17.1 Å². The highest BCUT2D eigenvalue weighted by molar-refractivity contribution is 5.32. The molecule has 10 heavy (non-hydrogen) atoms. The lowest BCUT2D eigenvalue weighted by Gasteiger charge is -1.82. The van der Waals surface area contributed by atoms with Crippen LogP contribution in [0.3, 0.4) is 0 Å². The van der Waals surface area contributed by atoms with Gasteiger partial charge >= 0.3 is 0 Å². The molecular formula is C7H7NO2. The summed E-state index contributed by atoms with van der Waals surface area (Å²) in [6.45, 7) is 1.54. The van der Waals surface area contributed by atoms with Crippen LogP contribution in [0, 0.1) is 18.3 Å². The number of furan rings is 1. The fourth-order valence-corrected chi connectivity index (χ4v) is 0.733. The number of aliphatic hydroxyl groups is 1. The van der Waals surface area contributed by atoms with Gasteiger partial charge in [-0.2, -0.15) is 5.26 Å². The van der Waals surface area contributed by atoms with E-state index in [-0.39, 0.29) is 6.61 Å². The maximum Gasteiger partial charge on any atom is 0.130 e. The fraction of sp³-hybridized carbons (Fsp3) is 0.286. The van der Waals surface area contributed by atoms with Gasteiger partial charge in [-0.15, -0.1) is 0 Å². The van der Waals surface area contributed by atoms with Crippen molar-refractivity contribution in [2.45, 2.75) is 13.5 Å². The van der Waals surface area contributed by atoms with Gasteiger partial charge in [0, 0.05) is 6.07 Å². The van der Waals surface area contributed by atoms with Crippen molar-refractivity contribution in [3.05, 3.63) is 23.2 Å². The first-order valence-corrected chi connectivity index (χ1v) is 2.88. The zero-order valence-electron chi connectivity index (χ0n) is 5.59. The number of aryl methyl sites for hydroxylation is 1. The van der Waals surface area contributed by atoms with E-state index in [0.29, 0.717) is 17.1 Å². The van der Waals surface area contributed by atoms with Crippen LogP contribution in [0.4, 0.5) is 0 Å². The third-order valence-electron chi connectivity index (χ3n) is 1.25. The van der Waals surface area contributed by atoms with E-state index in [2.05, 4.69) is 0 Å². The lowest BCUT2D eigenvalue weighted by atomic mass is 10.3. The summed E-state index contributed by atoms with van der Waals surface area (Å²) < 4.78 is 4.98. The Morgan fingerprint density at radius 1 is 1.80 bits per heavy atom. The van der Waals surface area contributed by atoms with Crippen molar-refractivity contribution in [3.63, 3.8) is 0 Å². The molecule has 0 bridgehead atoms. The van der Waals surface area contributed by atoms with E-state index in [1.165, 1.54) is 6.07 Å². The van der Waals surface area contributed by atoms with Crippen molar-refractivity contribution in [3.8, 4) is 6.07 Å². The number of nitriles is 1. The van der Waals surface area contributed by atoms with Crippen molar-refractivity contribution >= 4 is 0 Å². The summed E-state index contributed by atoms with van der Waals surface area (Å²) in [5.74, 6) is 1.00. The predicted octanol–water partition coefficient (Wildman–Crippen LogP) is 0.952. The molecule has 0 radical (unpaired) electrons. The molecule has 0 saturated carbocycles. The van der Waals surface area contributed by atoms with E-state index < -0.39 is 0 Å². The second kappa shape index (κ2) is 2.54. The summed E-state index contributed by atoms with van der Waals surface area (Å²) in [7, 11) is 0. The minimum Gasteiger partial charge on any atom is -0.463 e. The molecule has 1 rings (SSSR count). The highest BCUT2D eigenvalue weighted by Gasteiger charge is 2.03. The normalized spacial score (nSPS) is 9.30. The minimum absolute atomic E-state index is 0.150. The standard InChI is InChI=1S/C7H7NO2/c1-5-6(3-8)2-7(4-9)10-5/h2,9H,4H2,1H3. The number of hydrogen-bond donors (Lipinski definition) is 1. The molecule has 0 amide bonds. The number of hydrogen-bond acceptors (Lipinski definition) is 3. The van der Waals surface area contributed by atoms with E-state index in [1.54, 1.807) is 6.92 Å². The van der Waals surface area contributed by atoms with Gasteiger partial charge in [0.1, 0.15) is 24.2 Å². The van der Waals surface area contributed by atoms with Gasteiger partial charge in [0.05, 0.1) is 5.56 Å². The Bertz CT molecular complexity index is 270. The monoisotopic (exact) mass is 137 g/mol. The first kappa shape index (κ1) is 6.84. The highest BCUT2D eigenvalue weighted by atomic mass is 16.4. The van der Waals surface area contributed by atoms with Crippen molar-refractivity contribution < 1.29 is 9.52 Å². The van der Waals surface area contributed by atoms with Gasteiger partial charge in [-0.3, -0.25) is 0 Å². The van der Waals surface area contributed by atoms with Gasteiger partial charge < -0.3 is 9.52 Å². The van der Waals surface area contributed by atoms with Gasteiger partial charge in [-0.05, 0) is 6.92 Å². The topological polar surface area (TPSA) is 57.2 Å². The van der Waals surface area contributed by atoms with Crippen LogP contribution in [-0.2, 0) is 6.61 Å². The Morgan fingerprint density at radius 3 is 2.80 bits per heavy atom. The summed E-state index contributed by atoms with van der Waals surface area (Å²) in [5.41, 5.74) is 0.490. The SMILES string of the molecule is Cc1oc(CO)cc1C#N. The van der Waals surface area contributed by atoms with Gasteiger partial charge in [0.2, 0.25) is 0 Å². The van der Waals surface area contributed by atoms with Gasteiger partial charge in [0.25, 0.3) is 0 Å². The minimum atomic E-state index is -0.150. The molecule has 0 spiro atoms. The number of nitrogens with zero attached hydrogens (tertiary/aromatic N) is 1. The Balaban J connectivity index is 3.07.